The van der Waals surface area contributed by atoms with Gasteiger partial charge in [-0.1, -0.05) is 81.4 Å². The Morgan fingerprint density at radius 2 is 1.46 bits per heavy atom. The molecule has 0 heterocycles. The van der Waals surface area contributed by atoms with Gasteiger partial charge in [0.2, 0.25) is 0 Å². The molecule has 0 aliphatic carbocycles. The molecule has 2 N–H and O–H groups in total. The molecule has 0 saturated carbocycles. The zero-order valence-corrected chi connectivity index (χ0v) is 15.6. The molecule has 128 valence electrons. The molecule has 0 aliphatic rings. The SMILES string of the molecule is CC(C)(C)[Si](OCC(=CF)CN)(c1ccccc1)c1ccccc1. The van der Waals surface area contributed by atoms with Crippen LogP contribution in [-0.4, -0.2) is 21.5 Å². The Morgan fingerprint density at radius 1 is 1.00 bits per heavy atom. The third-order valence-corrected chi connectivity index (χ3v) is 9.29. The van der Waals surface area contributed by atoms with Crippen LogP contribution in [0.4, 0.5) is 4.39 Å². The highest BCUT2D eigenvalue weighted by Gasteiger charge is 2.50. The summed E-state index contributed by atoms with van der Waals surface area (Å²) in [4.78, 5) is 0. The molecule has 0 amide bonds. The van der Waals surface area contributed by atoms with Gasteiger partial charge in [0.15, 0.2) is 0 Å². The van der Waals surface area contributed by atoms with Crippen molar-refractivity contribution in [3.05, 3.63) is 72.6 Å². The van der Waals surface area contributed by atoms with E-state index in [-0.39, 0.29) is 18.2 Å². The van der Waals surface area contributed by atoms with Gasteiger partial charge in [0.25, 0.3) is 8.32 Å². The molecule has 4 heteroatoms. The summed E-state index contributed by atoms with van der Waals surface area (Å²) in [5.41, 5.74) is 6.10. The summed E-state index contributed by atoms with van der Waals surface area (Å²) in [7, 11) is -2.61. The average molecular weight is 344 g/mol. The Labute approximate surface area is 145 Å². The van der Waals surface area contributed by atoms with Gasteiger partial charge in [-0.3, -0.25) is 0 Å². The average Bonchev–Trinajstić information content (AvgIpc) is 2.59. The second-order valence-electron chi connectivity index (χ2n) is 6.92. The Morgan fingerprint density at radius 3 is 1.79 bits per heavy atom. The molecule has 0 aliphatic heterocycles. The van der Waals surface area contributed by atoms with E-state index < -0.39 is 8.32 Å². The molecule has 0 atom stereocenters. The highest BCUT2D eigenvalue weighted by molar-refractivity contribution is 6.99. The van der Waals surface area contributed by atoms with Gasteiger partial charge in [-0.25, -0.2) is 4.39 Å². The first-order valence-electron chi connectivity index (χ1n) is 8.19. The molecule has 0 spiro atoms. The van der Waals surface area contributed by atoms with Gasteiger partial charge < -0.3 is 10.2 Å². The number of rotatable bonds is 6. The van der Waals surface area contributed by atoms with Gasteiger partial charge in [-0.2, -0.15) is 0 Å². The van der Waals surface area contributed by atoms with Crippen LogP contribution in [0.15, 0.2) is 72.6 Å². The summed E-state index contributed by atoms with van der Waals surface area (Å²) in [6.45, 7) is 6.95. The maximum atomic E-state index is 13.0. The summed E-state index contributed by atoms with van der Waals surface area (Å²) in [5.74, 6) is 0. The minimum Gasteiger partial charge on any atom is -0.403 e. The maximum absolute atomic E-state index is 13.0. The van der Waals surface area contributed by atoms with Gasteiger partial charge >= 0.3 is 0 Å². The summed E-state index contributed by atoms with van der Waals surface area (Å²) in [5, 5.41) is 2.24. The van der Waals surface area contributed by atoms with Gasteiger partial charge in [-0.05, 0) is 21.0 Å². The number of hydrogen-bond acceptors (Lipinski definition) is 2. The Balaban J connectivity index is 2.61. The molecule has 0 unspecified atom stereocenters. The highest BCUT2D eigenvalue weighted by Crippen LogP contribution is 2.36. The van der Waals surface area contributed by atoms with Crippen molar-refractivity contribution in [2.24, 2.45) is 5.73 Å². The van der Waals surface area contributed by atoms with Crippen LogP contribution in [0.2, 0.25) is 5.04 Å². The van der Waals surface area contributed by atoms with Crippen LogP contribution in [0, 0.1) is 0 Å². The number of halogens is 1. The molecule has 0 fully saturated rings. The van der Waals surface area contributed by atoms with Crippen molar-refractivity contribution in [1.29, 1.82) is 0 Å². The van der Waals surface area contributed by atoms with Crippen LogP contribution < -0.4 is 16.1 Å². The van der Waals surface area contributed by atoms with Crippen molar-refractivity contribution in [2.75, 3.05) is 13.2 Å². The lowest BCUT2D eigenvalue weighted by Crippen LogP contribution is -2.66. The van der Waals surface area contributed by atoms with Crippen LogP contribution >= 0.6 is 0 Å². The van der Waals surface area contributed by atoms with Gasteiger partial charge in [0.1, 0.15) is 0 Å². The normalized spacial score (nSPS) is 13.1. The lowest BCUT2D eigenvalue weighted by atomic mass is 10.2. The molecule has 24 heavy (non-hydrogen) atoms. The molecular weight excluding hydrogens is 317 g/mol. The van der Waals surface area contributed by atoms with Gasteiger partial charge in [-0.15, -0.1) is 0 Å². The smallest absolute Gasteiger partial charge is 0.261 e. The zero-order valence-electron chi connectivity index (χ0n) is 14.6. The van der Waals surface area contributed by atoms with Crippen molar-refractivity contribution >= 4 is 18.7 Å². The summed E-state index contributed by atoms with van der Waals surface area (Å²) in [6.07, 6.45) is 0.567. The number of benzene rings is 2. The second kappa shape index (κ2) is 7.88. The molecular formula is C20H26FNOSi. The first kappa shape index (κ1) is 18.6. The Hall–Kier alpha value is -1.75. The molecule has 2 rings (SSSR count). The lowest BCUT2D eigenvalue weighted by molar-refractivity contribution is 0.326. The van der Waals surface area contributed by atoms with Crippen LogP contribution in [0.1, 0.15) is 20.8 Å². The Kier molecular flexibility index (Phi) is 6.10. The quantitative estimate of drug-likeness (QED) is 0.816. The molecule has 0 bridgehead atoms. The fourth-order valence-corrected chi connectivity index (χ4v) is 7.65. The minimum atomic E-state index is -2.61. The predicted molar refractivity (Wildman–Crippen MR) is 102 cm³/mol. The van der Waals surface area contributed by atoms with Crippen LogP contribution in [-0.2, 0) is 4.43 Å². The topological polar surface area (TPSA) is 35.2 Å². The maximum Gasteiger partial charge on any atom is 0.261 e. The minimum absolute atomic E-state index is 0.119. The first-order valence-corrected chi connectivity index (χ1v) is 10.1. The van der Waals surface area contributed by atoms with Crippen LogP contribution in [0.5, 0.6) is 0 Å². The van der Waals surface area contributed by atoms with Gasteiger partial charge in [0.05, 0.1) is 12.9 Å². The number of nitrogens with two attached hydrogens (primary N) is 1. The van der Waals surface area contributed by atoms with E-state index in [1.165, 1.54) is 10.4 Å². The van der Waals surface area contributed by atoms with Crippen LogP contribution in [0.3, 0.4) is 0 Å². The van der Waals surface area contributed by atoms with E-state index in [1.807, 2.05) is 36.4 Å². The van der Waals surface area contributed by atoms with Crippen molar-refractivity contribution in [3.8, 4) is 0 Å². The second-order valence-corrected chi connectivity index (χ2v) is 11.2. The van der Waals surface area contributed by atoms with Crippen molar-refractivity contribution in [3.63, 3.8) is 0 Å². The van der Waals surface area contributed by atoms with E-state index in [9.17, 15) is 4.39 Å². The van der Waals surface area contributed by atoms with E-state index in [0.29, 0.717) is 11.9 Å². The molecule has 0 radical (unpaired) electrons. The third-order valence-electron chi connectivity index (χ3n) is 4.31. The van der Waals surface area contributed by atoms with E-state index in [2.05, 4.69) is 45.0 Å². The summed E-state index contributed by atoms with van der Waals surface area (Å²) in [6, 6.07) is 20.6. The highest BCUT2D eigenvalue weighted by atomic mass is 28.4. The van der Waals surface area contributed by atoms with E-state index in [1.54, 1.807) is 0 Å². The van der Waals surface area contributed by atoms with Gasteiger partial charge in [0, 0.05) is 6.54 Å². The van der Waals surface area contributed by atoms with E-state index in [4.69, 9.17) is 10.2 Å². The zero-order chi connectivity index (χ0) is 17.6. The largest absolute Gasteiger partial charge is 0.403 e. The predicted octanol–water partition coefficient (Wildman–Crippen LogP) is 3.38. The molecule has 2 aromatic rings. The summed E-state index contributed by atoms with van der Waals surface area (Å²) >= 11 is 0. The molecule has 0 aromatic heterocycles. The fraction of sp³-hybridized carbons (Fsp3) is 0.300. The van der Waals surface area contributed by atoms with Crippen molar-refractivity contribution in [1.82, 2.24) is 0 Å². The summed E-state index contributed by atoms with van der Waals surface area (Å²) < 4.78 is 19.6. The van der Waals surface area contributed by atoms with Crippen molar-refractivity contribution < 1.29 is 8.82 Å². The standard InChI is InChI=1S/C20H26FNOSi/c1-20(2,3)24(18-10-6-4-7-11-18,19-12-8-5-9-13-19)23-16-17(14-21)15-22/h4-14H,15-16,22H2,1-3H3. The molecule has 2 aromatic carbocycles. The lowest BCUT2D eigenvalue weighted by Gasteiger charge is -2.43. The van der Waals surface area contributed by atoms with E-state index >= 15 is 0 Å². The monoisotopic (exact) mass is 343 g/mol. The van der Waals surface area contributed by atoms with Crippen molar-refractivity contribution in [2.45, 2.75) is 25.8 Å². The molecule has 2 nitrogen and oxygen atoms in total. The first-order chi connectivity index (χ1) is 11.5. The molecule has 0 saturated heterocycles. The Bertz CT molecular complexity index is 626. The van der Waals surface area contributed by atoms with E-state index in [0.717, 1.165) is 0 Å². The number of hydrogen-bond donors (Lipinski definition) is 1. The van der Waals surface area contributed by atoms with Crippen LogP contribution in [0.25, 0.3) is 0 Å². The fourth-order valence-electron chi connectivity index (χ4n) is 3.10. The third kappa shape index (κ3) is 3.66.